The summed E-state index contributed by atoms with van der Waals surface area (Å²) in [6.45, 7) is 0.465. The van der Waals surface area contributed by atoms with Gasteiger partial charge in [0.05, 0.1) is 13.2 Å². The molecular weight excluding hydrogens is 288 g/mol. The predicted octanol–water partition coefficient (Wildman–Crippen LogP) is 1.21. The van der Waals surface area contributed by atoms with Crippen molar-refractivity contribution in [3.63, 3.8) is 0 Å². The molecule has 0 radical (unpaired) electrons. The molecule has 7 nitrogen and oxygen atoms in total. The van der Waals surface area contributed by atoms with Gasteiger partial charge in [-0.15, -0.1) is 0 Å². The van der Waals surface area contributed by atoms with Crippen LogP contribution in [-0.4, -0.2) is 48.0 Å². The highest BCUT2D eigenvalue weighted by Gasteiger charge is 2.34. The highest BCUT2D eigenvalue weighted by Crippen LogP contribution is 2.20. The van der Waals surface area contributed by atoms with Crippen molar-refractivity contribution in [2.24, 2.45) is 5.73 Å². The summed E-state index contributed by atoms with van der Waals surface area (Å²) in [7, 11) is 1.58. The zero-order chi connectivity index (χ0) is 16.1. The van der Waals surface area contributed by atoms with E-state index in [1.165, 1.54) is 4.90 Å². The van der Waals surface area contributed by atoms with Crippen molar-refractivity contribution < 1.29 is 24.2 Å². The Kier molecular flexibility index (Phi) is 5.21. The number of benzene rings is 1. The van der Waals surface area contributed by atoms with E-state index in [2.05, 4.69) is 0 Å². The average Bonchev–Trinajstić information content (AvgIpc) is 2.94. The third kappa shape index (κ3) is 3.88. The van der Waals surface area contributed by atoms with Crippen molar-refractivity contribution in [2.45, 2.75) is 31.5 Å². The Labute approximate surface area is 128 Å². The number of carbonyl (C=O) groups is 2. The van der Waals surface area contributed by atoms with Crippen LogP contribution in [0.3, 0.4) is 0 Å². The van der Waals surface area contributed by atoms with Crippen LogP contribution in [0.2, 0.25) is 0 Å². The fourth-order valence-corrected chi connectivity index (χ4v) is 2.54. The zero-order valence-corrected chi connectivity index (χ0v) is 12.4. The van der Waals surface area contributed by atoms with E-state index in [-0.39, 0.29) is 5.91 Å². The summed E-state index contributed by atoms with van der Waals surface area (Å²) in [5, 5.41) is 8.69. The van der Waals surface area contributed by atoms with Gasteiger partial charge in [-0.3, -0.25) is 4.79 Å². The molecule has 1 aromatic carbocycles. The molecule has 2 rings (SSSR count). The lowest BCUT2D eigenvalue weighted by Gasteiger charge is -2.26. The Morgan fingerprint density at radius 3 is 2.68 bits per heavy atom. The van der Waals surface area contributed by atoms with Gasteiger partial charge in [0.1, 0.15) is 5.75 Å². The molecule has 1 heterocycles. The highest BCUT2D eigenvalue weighted by molar-refractivity contribution is 5.82. The van der Waals surface area contributed by atoms with Crippen LogP contribution in [0.15, 0.2) is 24.3 Å². The molecule has 3 N–H and O–H groups in total. The molecule has 1 aliphatic rings. The Hall–Kier alpha value is -2.28. The summed E-state index contributed by atoms with van der Waals surface area (Å²) < 4.78 is 9.80. The Morgan fingerprint density at radius 2 is 2.09 bits per heavy atom. The lowest BCUT2D eigenvalue weighted by atomic mass is 10.1. The molecule has 1 amide bonds. The van der Waals surface area contributed by atoms with E-state index in [1.807, 2.05) is 12.1 Å². The second-order valence-corrected chi connectivity index (χ2v) is 5.17. The highest BCUT2D eigenvalue weighted by atomic mass is 16.7. The van der Waals surface area contributed by atoms with Crippen LogP contribution in [0.4, 0.5) is 4.79 Å². The summed E-state index contributed by atoms with van der Waals surface area (Å²) in [5.41, 5.74) is 6.88. The Bertz CT molecular complexity index is 531. The van der Waals surface area contributed by atoms with Crippen molar-refractivity contribution >= 4 is 12.1 Å². The van der Waals surface area contributed by atoms with E-state index in [4.69, 9.17) is 20.3 Å². The molecule has 7 heteroatoms. The summed E-state index contributed by atoms with van der Waals surface area (Å²) in [4.78, 5) is 24.4. The summed E-state index contributed by atoms with van der Waals surface area (Å²) in [6.07, 6.45) is -0.522. The van der Waals surface area contributed by atoms with Gasteiger partial charge in [-0.25, -0.2) is 4.79 Å². The molecule has 1 saturated heterocycles. The minimum atomic E-state index is -1.38. The largest absolute Gasteiger partial charge is 0.507 e. The first-order valence-corrected chi connectivity index (χ1v) is 7.10. The first kappa shape index (κ1) is 16.1. The Morgan fingerprint density at radius 1 is 1.41 bits per heavy atom. The van der Waals surface area contributed by atoms with Crippen LogP contribution in [0.1, 0.15) is 18.4 Å². The lowest BCUT2D eigenvalue weighted by molar-refractivity contribution is -0.140. The minimum Gasteiger partial charge on any atom is -0.497 e. The van der Waals surface area contributed by atoms with E-state index < -0.39 is 18.4 Å². The SMILES string of the molecule is COc1ccc(C[C@@H](N)C(=O)N2CCC[C@@H]2OC(=O)O)cc1. The van der Waals surface area contributed by atoms with Crippen molar-refractivity contribution in [3.05, 3.63) is 29.8 Å². The van der Waals surface area contributed by atoms with Crippen molar-refractivity contribution in [3.8, 4) is 5.75 Å². The quantitative estimate of drug-likeness (QED) is 0.793. The molecule has 0 aromatic heterocycles. The topological polar surface area (TPSA) is 102 Å². The molecule has 0 aliphatic carbocycles. The van der Waals surface area contributed by atoms with Gasteiger partial charge in [0, 0.05) is 13.0 Å². The molecule has 1 fully saturated rings. The molecule has 1 aromatic rings. The van der Waals surface area contributed by atoms with E-state index in [9.17, 15) is 9.59 Å². The van der Waals surface area contributed by atoms with Crippen LogP contribution >= 0.6 is 0 Å². The third-order valence-corrected chi connectivity index (χ3v) is 3.65. The maximum Gasteiger partial charge on any atom is 0.507 e. The van der Waals surface area contributed by atoms with E-state index in [0.717, 1.165) is 11.3 Å². The Balaban J connectivity index is 1.97. The van der Waals surface area contributed by atoms with E-state index in [0.29, 0.717) is 25.8 Å². The molecule has 1 aliphatic heterocycles. The number of hydrogen-bond donors (Lipinski definition) is 2. The standard InChI is InChI=1S/C15H20N2O5/c1-21-11-6-4-10(5-7-11)9-12(16)14(18)17-8-2-3-13(17)22-15(19)20/h4-7,12-13H,2-3,8-9,16H2,1H3,(H,19,20)/t12-,13+/m1/s1. The normalized spacial score (nSPS) is 18.8. The summed E-state index contributed by atoms with van der Waals surface area (Å²) >= 11 is 0. The van der Waals surface area contributed by atoms with Gasteiger partial charge in [-0.2, -0.15) is 0 Å². The van der Waals surface area contributed by atoms with Gasteiger partial charge in [0.15, 0.2) is 6.23 Å². The maximum absolute atomic E-state index is 12.4. The average molecular weight is 308 g/mol. The fourth-order valence-electron chi connectivity index (χ4n) is 2.54. The van der Waals surface area contributed by atoms with Crippen molar-refractivity contribution in [1.82, 2.24) is 4.90 Å². The molecule has 120 valence electrons. The number of carboxylic acid groups (broad SMARTS) is 1. The molecule has 0 bridgehead atoms. The summed E-state index contributed by atoms with van der Waals surface area (Å²) in [5.74, 6) is 0.442. The van der Waals surface area contributed by atoms with E-state index >= 15 is 0 Å². The number of rotatable bonds is 5. The number of hydrogen-bond acceptors (Lipinski definition) is 5. The van der Waals surface area contributed by atoms with Crippen LogP contribution in [0.25, 0.3) is 0 Å². The molecular formula is C15H20N2O5. The summed E-state index contributed by atoms with van der Waals surface area (Å²) in [6, 6.07) is 6.58. The van der Waals surface area contributed by atoms with Crippen molar-refractivity contribution in [1.29, 1.82) is 0 Å². The van der Waals surface area contributed by atoms with Gasteiger partial charge < -0.3 is 25.2 Å². The van der Waals surface area contributed by atoms with E-state index in [1.54, 1.807) is 19.2 Å². The van der Waals surface area contributed by atoms with Gasteiger partial charge in [0.2, 0.25) is 5.91 Å². The predicted molar refractivity (Wildman–Crippen MR) is 78.5 cm³/mol. The zero-order valence-electron chi connectivity index (χ0n) is 12.4. The molecule has 2 atom stereocenters. The first-order valence-electron chi connectivity index (χ1n) is 7.10. The number of carbonyl (C=O) groups excluding carboxylic acids is 1. The smallest absolute Gasteiger partial charge is 0.497 e. The second-order valence-electron chi connectivity index (χ2n) is 5.17. The van der Waals surface area contributed by atoms with Crippen LogP contribution in [0.5, 0.6) is 5.75 Å². The second kappa shape index (κ2) is 7.13. The molecule has 22 heavy (non-hydrogen) atoms. The number of likely N-dealkylation sites (tertiary alicyclic amines) is 1. The van der Waals surface area contributed by atoms with Crippen LogP contribution in [-0.2, 0) is 16.0 Å². The lowest BCUT2D eigenvalue weighted by Crippen LogP contribution is -2.48. The number of nitrogens with two attached hydrogens (primary N) is 1. The number of amides is 1. The maximum atomic E-state index is 12.4. The van der Waals surface area contributed by atoms with Gasteiger partial charge in [0.25, 0.3) is 0 Å². The molecule has 0 unspecified atom stereocenters. The number of nitrogens with zero attached hydrogens (tertiary/aromatic N) is 1. The number of methoxy groups -OCH3 is 1. The van der Waals surface area contributed by atoms with Crippen LogP contribution < -0.4 is 10.5 Å². The van der Waals surface area contributed by atoms with Gasteiger partial charge in [-0.1, -0.05) is 12.1 Å². The van der Waals surface area contributed by atoms with Crippen LogP contribution in [0, 0.1) is 0 Å². The first-order chi connectivity index (χ1) is 10.5. The minimum absolute atomic E-state index is 0.292. The molecule has 0 saturated carbocycles. The third-order valence-electron chi connectivity index (χ3n) is 3.65. The van der Waals surface area contributed by atoms with Gasteiger partial charge in [-0.05, 0) is 30.5 Å². The monoisotopic (exact) mass is 308 g/mol. The molecule has 0 spiro atoms. The van der Waals surface area contributed by atoms with Gasteiger partial charge >= 0.3 is 6.16 Å². The fraction of sp³-hybridized carbons (Fsp3) is 0.467. The van der Waals surface area contributed by atoms with Crippen molar-refractivity contribution in [2.75, 3.05) is 13.7 Å². The number of ether oxygens (including phenoxy) is 2.